The molecule has 2 aromatic rings. The van der Waals surface area contributed by atoms with Crippen molar-refractivity contribution in [3.63, 3.8) is 0 Å². The lowest BCUT2D eigenvalue weighted by Gasteiger charge is -2.26. The second kappa shape index (κ2) is 5.76. The van der Waals surface area contributed by atoms with Gasteiger partial charge in [0.15, 0.2) is 0 Å². The molecule has 3 heteroatoms. The highest BCUT2D eigenvalue weighted by atomic mass is 79.9. The summed E-state index contributed by atoms with van der Waals surface area (Å²) >= 11 is 3.57. The van der Waals surface area contributed by atoms with Crippen molar-refractivity contribution in [3.05, 3.63) is 64.1 Å². The van der Waals surface area contributed by atoms with E-state index in [4.69, 9.17) is 10.5 Å². The molecule has 0 fully saturated rings. The molecular formula is C16H18BrNO. The standard InChI is InChI=1S/C16H18BrNO/c1-16(18,11-12-6-3-4-9-15(12)17)13-7-5-8-14(10-13)19-2/h3-10H,11,18H2,1-2H3. The summed E-state index contributed by atoms with van der Waals surface area (Å²) in [5.41, 5.74) is 8.33. The summed E-state index contributed by atoms with van der Waals surface area (Å²) in [6, 6.07) is 16.1. The summed E-state index contributed by atoms with van der Waals surface area (Å²) < 4.78 is 6.35. The van der Waals surface area contributed by atoms with E-state index in [9.17, 15) is 0 Å². The molecule has 0 saturated carbocycles. The van der Waals surface area contributed by atoms with Gasteiger partial charge in [0.1, 0.15) is 5.75 Å². The van der Waals surface area contributed by atoms with Crippen molar-refractivity contribution in [1.29, 1.82) is 0 Å². The minimum Gasteiger partial charge on any atom is -0.497 e. The lowest BCUT2D eigenvalue weighted by molar-refractivity contribution is 0.410. The van der Waals surface area contributed by atoms with Crippen molar-refractivity contribution in [2.75, 3.05) is 7.11 Å². The largest absolute Gasteiger partial charge is 0.497 e. The number of hydrogen-bond acceptors (Lipinski definition) is 2. The van der Waals surface area contributed by atoms with Gasteiger partial charge in [-0.3, -0.25) is 0 Å². The number of methoxy groups -OCH3 is 1. The van der Waals surface area contributed by atoms with Gasteiger partial charge in [0.05, 0.1) is 7.11 Å². The van der Waals surface area contributed by atoms with Gasteiger partial charge in [-0.05, 0) is 42.7 Å². The van der Waals surface area contributed by atoms with Crippen LogP contribution in [-0.4, -0.2) is 7.11 Å². The number of benzene rings is 2. The minimum absolute atomic E-state index is 0.432. The van der Waals surface area contributed by atoms with Crippen LogP contribution >= 0.6 is 15.9 Å². The molecule has 0 radical (unpaired) electrons. The van der Waals surface area contributed by atoms with E-state index >= 15 is 0 Å². The lowest BCUT2D eigenvalue weighted by Crippen LogP contribution is -2.35. The van der Waals surface area contributed by atoms with E-state index < -0.39 is 5.54 Å². The third kappa shape index (κ3) is 3.37. The van der Waals surface area contributed by atoms with Crippen LogP contribution in [0.4, 0.5) is 0 Å². The Morgan fingerprint density at radius 3 is 2.58 bits per heavy atom. The topological polar surface area (TPSA) is 35.2 Å². The van der Waals surface area contributed by atoms with Crippen LogP contribution in [0.15, 0.2) is 53.0 Å². The van der Waals surface area contributed by atoms with Crippen LogP contribution in [0.25, 0.3) is 0 Å². The fraction of sp³-hybridized carbons (Fsp3) is 0.250. The highest BCUT2D eigenvalue weighted by molar-refractivity contribution is 9.10. The zero-order valence-corrected chi connectivity index (χ0v) is 12.8. The lowest BCUT2D eigenvalue weighted by atomic mass is 9.86. The molecular weight excluding hydrogens is 302 g/mol. The van der Waals surface area contributed by atoms with Crippen molar-refractivity contribution in [3.8, 4) is 5.75 Å². The summed E-state index contributed by atoms with van der Waals surface area (Å²) in [6.07, 6.45) is 0.765. The zero-order valence-electron chi connectivity index (χ0n) is 11.2. The highest BCUT2D eigenvalue weighted by Gasteiger charge is 2.23. The molecule has 2 aromatic carbocycles. The van der Waals surface area contributed by atoms with Gasteiger partial charge >= 0.3 is 0 Å². The van der Waals surface area contributed by atoms with E-state index in [2.05, 4.69) is 22.0 Å². The second-order valence-corrected chi connectivity index (χ2v) is 5.77. The summed E-state index contributed by atoms with van der Waals surface area (Å²) in [4.78, 5) is 0. The Labute approximate surface area is 122 Å². The molecule has 2 nitrogen and oxygen atoms in total. The molecule has 2 rings (SSSR count). The van der Waals surface area contributed by atoms with Gasteiger partial charge in [0, 0.05) is 10.0 Å². The van der Waals surface area contributed by atoms with Crippen molar-refractivity contribution in [1.82, 2.24) is 0 Å². The van der Waals surface area contributed by atoms with E-state index in [1.54, 1.807) is 7.11 Å². The first-order chi connectivity index (χ1) is 9.03. The maximum atomic E-state index is 6.49. The maximum absolute atomic E-state index is 6.49. The summed E-state index contributed by atoms with van der Waals surface area (Å²) in [7, 11) is 1.67. The zero-order chi connectivity index (χ0) is 13.9. The van der Waals surface area contributed by atoms with E-state index in [0.29, 0.717) is 0 Å². The summed E-state index contributed by atoms with van der Waals surface area (Å²) in [5, 5.41) is 0. The van der Waals surface area contributed by atoms with Gasteiger partial charge in [-0.25, -0.2) is 0 Å². The molecule has 0 amide bonds. The summed E-state index contributed by atoms with van der Waals surface area (Å²) in [6.45, 7) is 2.04. The van der Waals surface area contributed by atoms with Gasteiger partial charge in [-0.15, -0.1) is 0 Å². The molecule has 0 aliphatic rings. The Morgan fingerprint density at radius 2 is 1.89 bits per heavy atom. The monoisotopic (exact) mass is 319 g/mol. The molecule has 1 unspecified atom stereocenters. The van der Waals surface area contributed by atoms with Crippen LogP contribution in [0.5, 0.6) is 5.75 Å². The molecule has 0 bridgehead atoms. The molecule has 1 atom stereocenters. The Bertz CT molecular complexity index is 566. The van der Waals surface area contributed by atoms with E-state index in [0.717, 1.165) is 22.2 Å². The van der Waals surface area contributed by atoms with Crippen LogP contribution in [0, 0.1) is 0 Å². The minimum atomic E-state index is -0.432. The first-order valence-electron chi connectivity index (χ1n) is 6.20. The van der Waals surface area contributed by atoms with Crippen LogP contribution < -0.4 is 10.5 Å². The van der Waals surface area contributed by atoms with Crippen LogP contribution in [0.1, 0.15) is 18.1 Å². The molecule has 2 N–H and O–H groups in total. The normalized spacial score (nSPS) is 13.9. The third-order valence-electron chi connectivity index (χ3n) is 3.24. The Hall–Kier alpha value is -1.32. The quantitative estimate of drug-likeness (QED) is 0.928. The number of nitrogens with two attached hydrogens (primary N) is 1. The van der Waals surface area contributed by atoms with Gasteiger partial charge in [-0.2, -0.15) is 0 Å². The van der Waals surface area contributed by atoms with Gasteiger partial charge in [0.25, 0.3) is 0 Å². The van der Waals surface area contributed by atoms with E-state index in [1.807, 2.05) is 49.4 Å². The molecule has 0 spiro atoms. The van der Waals surface area contributed by atoms with Gasteiger partial charge in [-0.1, -0.05) is 46.3 Å². The van der Waals surface area contributed by atoms with E-state index in [-0.39, 0.29) is 0 Å². The fourth-order valence-corrected chi connectivity index (χ4v) is 2.54. The predicted molar refractivity (Wildman–Crippen MR) is 82.4 cm³/mol. The molecule has 0 heterocycles. The molecule has 100 valence electrons. The van der Waals surface area contributed by atoms with Gasteiger partial charge < -0.3 is 10.5 Å². The number of rotatable bonds is 4. The first kappa shape index (κ1) is 14.1. The molecule has 0 aliphatic carbocycles. The molecule has 0 aliphatic heterocycles. The van der Waals surface area contributed by atoms with Crippen molar-refractivity contribution < 1.29 is 4.74 Å². The second-order valence-electron chi connectivity index (χ2n) is 4.92. The number of ether oxygens (including phenoxy) is 1. The average molecular weight is 320 g/mol. The third-order valence-corrected chi connectivity index (χ3v) is 4.02. The number of hydrogen-bond donors (Lipinski definition) is 1. The summed E-state index contributed by atoms with van der Waals surface area (Å²) in [5.74, 6) is 0.835. The Morgan fingerprint density at radius 1 is 1.16 bits per heavy atom. The van der Waals surface area contributed by atoms with Crippen LogP contribution in [0.2, 0.25) is 0 Å². The molecule has 0 aromatic heterocycles. The Balaban J connectivity index is 2.29. The predicted octanol–water partition coefficient (Wildman–Crippen LogP) is 3.87. The first-order valence-corrected chi connectivity index (χ1v) is 6.99. The van der Waals surface area contributed by atoms with Crippen LogP contribution in [0.3, 0.4) is 0 Å². The van der Waals surface area contributed by atoms with E-state index in [1.165, 1.54) is 5.56 Å². The van der Waals surface area contributed by atoms with Crippen molar-refractivity contribution in [2.45, 2.75) is 18.9 Å². The Kier molecular flexibility index (Phi) is 4.27. The number of halogens is 1. The fourth-order valence-electron chi connectivity index (χ4n) is 2.12. The van der Waals surface area contributed by atoms with Crippen molar-refractivity contribution >= 4 is 15.9 Å². The highest BCUT2D eigenvalue weighted by Crippen LogP contribution is 2.28. The van der Waals surface area contributed by atoms with Crippen molar-refractivity contribution in [2.24, 2.45) is 5.73 Å². The smallest absolute Gasteiger partial charge is 0.119 e. The molecule has 19 heavy (non-hydrogen) atoms. The van der Waals surface area contributed by atoms with Crippen LogP contribution in [-0.2, 0) is 12.0 Å². The molecule has 0 saturated heterocycles. The SMILES string of the molecule is COc1cccc(C(C)(N)Cc2ccccc2Br)c1. The maximum Gasteiger partial charge on any atom is 0.119 e. The van der Waals surface area contributed by atoms with Gasteiger partial charge in [0.2, 0.25) is 0 Å². The average Bonchev–Trinajstić information content (AvgIpc) is 2.41.